The monoisotopic (exact) mass is 248 g/mol. The van der Waals surface area contributed by atoms with Crippen molar-refractivity contribution < 1.29 is 4.74 Å². The second kappa shape index (κ2) is 6.86. The molecule has 1 aliphatic carbocycles. The zero-order chi connectivity index (χ0) is 12.8. The first-order chi connectivity index (χ1) is 8.81. The molecule has 0 radical (unpaired) electrons. The molecule has 2 atom stereocenters. The van der Waals surface area contributed by atoms with E-state index in [1.165, 1.54) is 25.7 Å². The zero-order valence-corrected chi connectivity index (χ0v) is 11.2. The van der Waals surface area contributed by atoms with E-state index < -0.39 is 0 Å². The van der Waals surface area contributed by atoms with Gasteiger partial charge in [0.05, 0.1) is 12.3 Å². The predicted octanol–water partition coefficient (Wildman–Crippen LogP) is 3.07. The minimum absolute atomic E-state index is 0.0290. The van der Waals surface area contributed by atoms with Crippen molar-refractivity contribution in [2.24, 2.45) is 11.7 Å². The molecule has 0 amide bonds. The van der Waals surface area contributed by atoms with Crippen LogP contribution in [0.1, 0.15) is 50.8 Å². The lowest BCUT2D eigenvalue weighted by Crippen LogP contribution is -2.31. The second-order valence-corrected chi connectivity index (χ2v) is 5.23. The average Bonchev–Trinajstić information content (AvgIpc) is 2.93. The lowest BCUT2D eigenvalue weighted by atomic mass is 10.0. The molecule has 1 aliphatic rings. The molecule has 1 fully saturated rings. The minimum atomic E-state index is -0.0585. The fraction of sp³-hybridized carbons (Fsp3) is 0.667. The van der Waals surface area contributed by atoms with Crippen molar-refractivity contribution in [3.63, 3.8) is 0 Å². The van der Waals surface area contributed by atoms with Gasteiger partial charge in [0, 0.05) is 12.2 Å². The Morgan fingerprint density at radius 1 is 1.39 bits per heavy atom. The van der Waals surface area contributed by atoms with Crippen molar-refractivity contribution in [2.75, 3.05) is 6.61 Å². The van der Waals surface area contributed by atoms with Gasteiger partial charge in [-0.25, -0.2) is 0 Å². The summed E-state index contributed by atoms with van der Waals surface area (Å²) >= 11 is 0. The average molecular weight is 248 g/mol. The molecule has 2 rings (SSSR count). The predicted molar refractivity (Wildman–Crippen MR) is 73.2 cm³/mol. The number of ether oxygens (including phenoxy) is 1. The smallest absolute Gasteiger partial charge is 0.114 e. The maximum atomic E-state index is 6.17. The van der Waals surface area contributed by atoms with Crippen LogP contribution in [0.3, 0.4) is 0 Å². The van der Waals surface area contributed by atoms with Gasteiger partial charge in [0.2, 0.25) is 0 Å². The SMILES string of the molecule is CCC(N)C(OCC1CCCC1)c1ccccn1. The summed E-state index contributed by atoms with van der Waals surface area (Å²) in [7, 11) is 0. The number of rotatable bonds is 6. The van der Waals surface area contributed by atoms with E-state index in [4.69, 9.17) is 10.5 Å². The molecule has 2 unspecified atom stereocenters. The van der Waals surface area contributed by atoms with Gasteiger partial charge in [0.1, 0.15) is 6.10 Å². The number of pyridine rings is 1. The summed E-state index contributed by atoms with van der Waals surface area (Å²) in [6.45, 7) is 2.93. The Hall–Kier alpha value is -0.930. The molecule has 1 aromatic heterocycles. The molecule has 0 saturated heterocycles. The third-order valence-corrected chi connectivity index (χ3v) is 3.83. The van der Waals surface area contributed by atoms with Crippen LogP contribution in [-0.2, 0) is 4.74 Å². The quantitative estimate of drug-likeness (QED) is 0.841. The van der Waals surface area contributed by atoms with Gasteiger partial charge in [-0.15, -0.1) is 0 Å². The Bertz CT molecular complexity index is 336. The maximum Gasteiger partial charge on any atom is 0.114 e. The van der Waals surface area contributed by atoms with E-state index in [2.05, 4.69) is 11.9 Å². The first-order valence-corrected chi connectivity index (χ1v) is 7.09. The van der Waals surface area contributed by atoms with Crippen LogP contribution in [0.5, 0.6) is 0 Å². The molecule has 0 aliphatic heterocycles. The van der Waals surface area contributed by atoms with Gasteiger partial charge in [0.15, 0.2) is 0 Å². The Balaban J connectivity index is 1.96. The zero-order valence-electron chi connectivity index (χ0n) is 11.2. The molecule has 0 bridgehead atoms. The summed E-state index contributed by atoms with van der Waals surface area (Å²) in [6, 6.07) is 5.96. The van der Waals surface area contributed by atoms with Gasteiger partial charge in [-0.05, 0) is 37.3 Å². The molecule has 100 valence electrons. The molecule has 3 nitrogen and oxygen atoms in total. The highest BCUT2D eigenvalue weighted by atomic mass is 16.5. The van der Waals surface area contributed by atoms with Crippen LogP contribution < -0.4 is 5.73 Å². The van der Waals surface area contributed by atoms with Crippen molar-refractivity contribution in [1.82, 2.24) is 4.98 Å². The lowest BCUT2D eigenvalue weighted by molar-refractivity contribution is 0.0102. The summed E-state index contributed by atoms with van der Waals surface area (Å²) < 4.78 is 6.08. The van der Waals surface area contributed by atoms with Crippen LogP contribution in [0.4, 0.5) is 0 Å². The van der Waals surface area contributed by atoms with Gasteiger partial charge in [-0.3, -0.25) is 4.98 Å². The Labute approximate surface area is 110 Å². The highest BCUT2D eigenvalue weighted by molar-refractivity contribution is 5.09. The summed E-state index contributed by atoms with van der Waals surface area (Å²) in [5.41, 5.74) is 7.13. The van der Waals surface area contributed by atoms with Crippen molar-refractivity contribution >= 4 is 0 Å². The number of nitrogens with zero attached hydrogens (tertiary/aromatic N) is 1. The van der Waals surface area contributed by atoms with Gasteiger partial charge < -0.3 is 10.5 Å². The first kappa shape index (κ1) is 13.5. The second-order valence-electron chi connectivity index (χ2n) is 5.23. The van der Waals surface area contributed by atoms with E-state index in [1.807, 2.05) is 24.4 Å². The van der Waals surface area contributed by atoms with Crippen molar-refractivity contribution in [1.29, 1.82) is 0 Å². The van der Waals surface area contributed by atoms with Crippen LogP contribution in [-0.4, -0.2) is 17.6 Å². The Kier molecular flexibility index (Phi) is 5.14. The molecular weight excluding hydrogens is 224 g/mol. The van der Waals surface area contributed by atoms with Crippen LogP contribution in [0.25, 0.3) is 0 Å². The molecule has 1 heterocycles. The molecule has 0 spiro atoms. The van der Waals surface area contributed by atoms with E-state index in [9.17, 15) is 0 Å². The topological polar surface area (TPSA) is 48.1 Å². The van der Waals surface area contributed by atoms with Crippen LogP contribution in [0.2, 0.25) is 0 Å². The molecule has 3 heteroatoms. The van der Waals surface area contributed by atoms with Gasteiger partial charge in [-0.2, -0.15) is 0 Å². The standard InChI is InChI=1S/C15H24N2O/c1-2-13(16)15(14-9-5-6-10-17-14)18-11-12-7-3-4-8-12/h5-6,9-10,12-13,15H,2-4,7-8,11,16H2,1H3. The lowest BCUT2D eigenvalue weighted by Gasteiger charge is -2.24. The van der Waals surface area contributed by atoms with Crippen molar-refractivity contribution in [3.05, 3.63) is 30.1 Å². The third kappa shape index (κ3) is 3.53. The summed E-state index contributed by atoms with van der Waals surface area (Å²) in [4.78, 5) is 4.39. The minimum Gasteiger partial charge on any atom is -0.370 e. The van der Waals surface area contributed by atoms with E-state index >= 15 is 0 Å². The number of hydrogen-bond donors (Lipinski definition) is 1. The number of hydrogen-bond acceptors (Lipinski definition) is 3. The van der Waals surface area contributed by atoms with Crippen LogP contribution >= 0.6 is 0 Å². The summed E-state index contributed by atoms with van der Waals surface area (Å²) in [5.74, 6) is 0.722. The molecule has 1 aromatic rings. The maximum absolute atomic E-state index is 6.17. The first-order valence-electron chi connectivity index (χ1n) is 7.09. The van der Waals surface area contributed by atoms with Crippen molar-refractivity contribution in [3.8, 4) is 0 Å². The van der Waals surface area contributed by atoms with E-state index in [-0.39, 0.29) is 12.1 Å². The van der Waals surface area contributed by atoms with Gasteiger partial charge in [-0.1, -0.05) is 25.8 Å². The molecule has 1 saturated carbocycles. The molecule has 18 heavy (non-hydrogen) atoms. The molecule has 2 N–H and O–H groups in total. The van der Waals surface area contributed by atoms with Crippen molar-refractivity contribution in [2.45, 2.75) is 51.2 Å². The fourth-order valence-corrected chi connectivity index (χ4v) is 2.60. The Morgan fingerprint density at radius 2 is 2.17 bits per heavy atom. The van der Waals surface area contributed by atoms with E-state index in [0.717, 1.165) is 24.6 Å². The van der Waals surface area contributed by atoms with Crippen LogP contribution in [0.15, 0.2) is 24.4 Å². The van der Waals surface area contributed by atoms with E-state index in [0.29, 0.717) is 0 Å². The number of aromatic nitrogens is 1. The van der Waals surface area contributed by atoms with Gasteiger partial charge >= 0.3 is 0 Å². The normalized spacial score (nSPS) is 19.9. The molecule has 0 aromatic carbocycles. The van der Waals surface area contributed by atoms with Crippen LogP contribution in [0, 0.1) is 5.92 Å². The third-order valence-electron chi connectivity index (χ3n) is 3.83. The largest absolute Gasteiger partial charge is 0.370 e. The summed E-state index contributed by atoms with van der Waals surface area (Å²) in [6.07, 6.45) is 7.96. The highest BCUT2D eigenvalue weighted by Crippen LogP contribution is 2.28. The summed E-state index contributed by atoms with van der Waals surface area (Å²) in [5, 5.41) is 0. The fourth-order valence-electron chi connectivity index (χ4n) is 2.60. The molecular formula is C15H24N2O. The number of nitrogens with two attached hydrogens (primary N) is 1. The Morgan fingerprint density at radius 3 is 2.78 bits per heavy atom. The van der Waals surface area contributed by atoms with Gasteiger partial charge in [0.25, 0.3) is 0 Å². The highest BCUT2D eigenvalue weighted by Gasteiger charge is 2.23. The van der Waals surface area contributed by atoms with E-state index in [1.54, 1.807) is 0 Å².